The second kappa shape index (κ2) is 5.48. The Kier molecular flexibility index (Phi) is 3.96. The third kappa shape index (κ3) is 2.87. The van der Waals surface area contributed by atoms with Gasteiger partial charge in [-0.3, -0.25) is 0 Å². The molecule has 0 unspecified atom stereocenters. The molecule has 0 atom stereocenters. The Labute approximate surface area is 86.9 Å². The molecule has 0 heterocycles. The second-order valence-corrected chi connectivity index (χ2v) is 2.66. The molecule has 0 saturated carbocycles. The first-order valence-corrected chi connectivity index (χ1v) is 4.20. The maximum atomic E-state index is 8.97. The molecule has 0 bridgehead atoms. The van der Waals surface area contributed by atoms with Gasteiger partial charge in [-0.05, 0) is 6.07 Å². The van der Waals surface area contributed by atoms with E-state index >= 15 is 0 Å². The average molecular weight is 200 g/mol. The standard InChI is InChI=1S/C10H8N4O/c11-5-9(6-12)13-14-10-4-2-1-3-8(10)7-15/h1-4,9,15H,7H2. The van der Waals surface area contributed by atoms with Crippen LogP contribution in [0.1, 0.15) is 5.56 Å². The van der Waals surface area contributed by atoms with Gasteiger partial charge >= 0.3 is 0 Å². The van der Waals surface area contributed by atoms with Gasteiger partial charge in [0.05, 0.1) is 12.3 Å². The number of rotatable bonds is 3. The highest BCUT2D eigenvalue weighted by atomic mass is 16.3. The highest BCUT2D eigenvalue weighted by Crippen LogP contribution is 2.19. The number of benzene rings is 1. The molecule has 0 aliphatic rings. The lowest BCUT2D eigenvalue weighted by molar-refractivity contribution is 0.282. The molecule has 0 aliphatic heterocycles. The normalized spacial score (nSPS) is 10.1. The lowest BCUT2D eigenvalue weighted by atomic mass is 10.2. The second-order valence-electron chi connectivity index (χ2n) is 2.66. The Morgan fingerprint density at radius 1 is 1.27 bits per heavy atom. The summed E-state index contributed by atoms with van der Waals surface area (Å²) >= 11 is 0. The highest BCUT2D eigenvalue weighted by molar-refractivity contribution is 5.44. The third-order valence-electron chi connectivity index (χ3n) is 1.69. The Hall–Kier alpha value is -2.24. The first-order valence-electron chi connectivity index (χ1n) is 4.20. The number of azo groups is 1. The van der Waals surface area contributed by atoms with Crippen molar-refractivity contribution in [3.8, 4) is 12.1 Å². The van der Waals surface area contributed by atoms with Crippen LogP contribution in [0.15, 0.2) is 34.5 Å². The fourth-order valence-corrected chi connectivity index (χ4v) is 0.943. The summed E-state index contributed by atoms with van der Waals surface area (Å²) in [4.78, 5) is 0. The molecule has 5 heteroatoms. The van der Waals surface area contributed by atoms with Crippen LogP contribution < -0.4 is 0 Å². The maximum absolute atomic E-state index is 8.97. The Morgan fingerprint density at radius 2 is 1.93 bits per heavy atom. The minimum absolute atomic E-state index is 0.154. The lowest BCUT2D eigenvalue weighted by Gasteiger charge is -1.99. The van der Waals surface area contributed by atoms with Gasteiger partial charge in [-0.25, -0.2) is 0 Å². The van der Waals surface area contributed by atoms with Crippen LogP contribution in [-0.4, -0.2) is 11.1 Å². The van der Waals surface area contributed by atoms with Gasteiger partial charge in [0, 0.05) is 5.56 Å². The average Bonchev–Trinajstić information content (AvgIpc) is 2.31. The zero-order chi connectivity index (χ0) is 11.1. The Balaban J connectivity index is 2.90. The van der Waals surface area contributed by atoms with Crippen LogP contribution in [-0.2, 0) is 6.61 Å². The molecule has 74 valence electrons. The molecule has 1 aromatic rings. The van der Waals surface area contributed by atoms with Crippen LogP contribution in [0.5, 0.6) is 0 Å². The minimum Gasteiger partial charge on any atom is -0.392 e. The Morgan fingerprint density at radius 3 is 2.53 bits per heavy atom. The predicted molar refractivity (Wildman–Crippen MR) is 51.9 cm³/mol. The fourth-order valence-electron chi connectivity index (χ4n) is 0.943. The summed E-state index contributed by atoms with van der Waals surface area (Å²) in [5.74, 6) is 0. The van der Waals surface area contributed by atoms with E-state index in [0.717, 1.165) is 0 Å². The van der Waals surface area contributed by atoms with Crippen molar-refractivity contribution < 1.29 is 5.11 Å². The quantitative estimate of drug-likeness (QED) is 0.752. The molecule has 1 aromatic carbocycles. The predicted octanol–water partition coefficient (Wildman–Crippen LogP) is 1.68. The van der Waals surface area contributed by atoms with Crippen molar-refractivity contribution in [3.63, 3.8) is 0 Å². The van der Waals surface area contributed by atoms with Crippen molar-refractivity contribution in [1.29, 1.82) is 10.5 Å². The topological polar surface area (TPSA) is 92.5 Å². The highest BCUT2D eigenvalue weighted by Gasteiger charge is 2.02. The van der Waals surface area contributed by atoms with Gasteiger partial charge in [-0.2, -0.15) is 20.8 Å². The molecule has 1 rings (SSSR count). The smallest absolute Gasteiger partial charge is 0.242 e. The molecule has 1 N–H and O–H groups in total. The van der Waals surface area contributed by atoms with Crippen molar-refractivity contribution in [3.05, 3.63) is 29.8 Å². The van der Waals surface area contributed by atoms with Crippen LogP contribution in [0.4, 0.5) is 5.69 Å². The molecule has 0 radical (unpaired) electrons. The lowest BCUT2D eigenvalue weighted by Crippen LogP contribution is -1.93. The van der Waals surface area contributed by atoms with Crippen LogP contribution >= 0.6 is 0 Å². The van der Waals surface area contributed by atoms with Crippen molar-refractivity contribution in [1.82, 2.24) is 0 Å². The minimum atomic E-state index is -1.10. The SMILES string of the molecule is N#CC(C#N)N=Nc1ccccc1CO. The summed E-state index contributed by atoms with van der Waals surface area (Å²) in [5, 5.41) is 33.1. The van der Waals surface area contributed by atoms with E-state index in [4.69, 9.17) is 15.6 Å². The summed E-state index contributed by atoms with van der Waals surface area (Å²) in [6.07, 6.45) is 0. The van der Waals surface area contributed by atoms with E-state index in [2.05, 4.69) is 10.2 Å². The summed E-state index contributed by atoms with van der Waals surface area (Å²) in [6.45, 7) is -0.154. The first-order chi connectivity index (χ1) is 7.31. The van der Waals surface area contributed by atoms with Crippen LogP contribution in [0.25, 0.3) is 0 Å². The number of nitriles is 2. The summed E-state index contributed by atoms with van der Waals surface area (Å²) in [6, 6.07) is 9.10. The number of nitrogens with zero attached hydrogens (tertiary/aromatic N) is 4. The van der Waals surface area contributed by atoms with E-state index in [1.54, 1.807) is 36.4 Å². The van der Waals surface area contributed by atoms with Gasteiger partial charge < -0.3 is 5.11 Å². The molecule has 15 heavy (non-hydrogen) atoms. The maximum Gasteiger partial charge on any atom is 0.242 e. The monoisotopic (exact) mass is 200 g/mol. The number of aliphatic hydroxyl groups excluding tert-OH is 1. The number of aliphatic hydroxyl groups is 1. The summed E-state index contributed by atoms with van der Waals surface area (Å²) in [7, 11) is 0. The molecule has 5 nitrogen and oxygen atoms in total. The molecule has 0 saturated heterocycles. The molecule has 0 aromatic heterocycles. The van der Waals surface area contributed by atoms with E-state index in [9.17, 15) is 0 Å². The van der Waals surface area contributed by atoms with Gasteiger partial charge in [0.1, 0.15) is 12.1 Å². The number of hydrogen-bond donors (Lipinski definition) is 1. The van der Waals surface area contributed by atoms with E-state index in [0.29, 0.717) is 11.3 Å². The molecule has 0 amide bonds. The first kappa shape index (κ1) is 10.8. The zero-order valence-electron chi connectivity index (χ0n) is 7.83. The Bertz CT molecular complexity index is 427. The van der Waals surface area contributed by atoms with Crippen molar-refractivity contribution in [2.75, 3.05) is 0 Å². The molecular formula is C10H8N4O. The summed E-state index contributed by atoms with van der Waals surface area (Å²) < 4.78 is 0. The molecular weight excluding hydrogens is 192 g/mol. The van der Waals surface area contributed by atoms with Crippen LogP contribution in [0.3, 0.4) is 0 Å². The fraction of sp³-hybridized carbons (Fsp3) is 0.200. The van der Waals surface area contributed by atoms with Crippen molar-refractivity contribution in [2.45, 2.75) is 12.6 Å². The van der Waals surface area contributed by atoms with Gasteiger partial charge in [-0.1, -0.05) is 18.2 Å². The van der Waals surface area contributed by atoms with Crippen molar-refractivity contribution >= 4 is 5.69 Å². The van der Waals surface area contributed by atoms with E-state index in [1.165, 1.54) is 0 Å². The zero-order valence-corrected chi connectivity index (χ0v) is 7.83. The van der Waals surface area contributed by atoms with Crippen LogP contribution in [0, 0.1) is 22.7 Å². The van der Waals surface area contributed by atoms with Crippen molar-refractivity contribution in [2.24, 2.45) is 10.2 Å². The van der Waals surface area contributed by atoms with Gasteiger partial charge in [0.25, 0.3) is 0 Å². The van der Waals surface area contributed by atoms with Gasteiger partial charge in [0.2, 0.25) is 6.04 Å². The summed E-state index contributed by atoms with van der Waals surface area (Å²) in [5.41, 5.74) is 1.08. The van der Waals surface area contributed by atoms with E-state index < -0.39 is 6.04 Å². The third-order valence-corrected chi connectivity index (χ3v) is 1.69. The molecule has 0 aliphatic carbocycles. The van der Waals surface area contributed by atoms with Crippen LogP contribution in [0.2, 0.25) is 0 Å². The van der Waals surface area contributed by atoms with Gasteiger partial charge in [0.15, 0.2) is 0 Å². The number of hydrogen-bond acceptors (Lipinski definition) is 5. The van der Waals surface area contributed by atoms with E-state index in [-0.39, 0.29) is 6.61 Å². The largest absolute Gasteiger partial charge is 0.392 e. The molecule has 0 spiro atoms. The van der Waals surface area contributed by atoms with E-state index in [1.807, 2.05) is 0 Å². The van der Waals surface area contributed by atoms with Gasteiger partial charge in [-0.15, -0.1) is 0 Å². The molecule has 0 fully saturated rings.